The second kappa shape index (κ2) is 4.23. The van der Waals surface area contributed by atoms with Crippen LogP contribution in [0.2, 0.25) is 0 Å². The maximum atomic E-state index is 12.0. The first-order valence-corrected chi connectivity index (χ1v) is 6.68. The van der Waals surface area contributed by atoms with Crippen LogP contribution < -0.4 is 5.32 Å². The molecule has 1 amide bonds. The van der Waals surface area contributed by atoms with Crippen molar-refractivity contribution in [2.75, 3.05) is 5.32 Å². The summed E-state index contributed by atoms with van der Waals surface area (Å²) in [5.41, 5.74) is 2.04. The van der Waals surface area contributed by atoms with Gasteiger partial charge in [0.1, 0.15) is 5.76 Å². The van der Waals surface area contributed by atoms with Gasteiger partial charge in [-0.2, -0.15) is 0 Å². The number of nitrogens with one attached hydrogen (secondary N) is 1. The second-order valence-corrected chi connectivity index (χ2v) is 5.07. The van der Waals surface area contributed by atoms with E-state index < -0.39 is 0 Å². The van der Waals surface area contributed by atoms with Crippen LogP contribution in [0.5, 0.6) is 0 Å². The smallest absolute Gasteiger partial charge is 0.225 e. The molecule has 1 aliphatic heterocycles. The summed E-state index contributed by atoms with van der Waals surface area (Å²) in [4.78, 5) is 12.0. The maximum Gasteiger partial charge on any atom is 0.225 e. The van der Waals surface area contributed by atoms with Gasteiger partial charge in [0.15, 0.2) is 0 Å². The van der Waals surface area contributed by atoms with E-state index in [9.17, 15) is 4.79 Å². The minimum Gasteiger partial charge on any atom is -0.469 e. The average molecular weight is 263 g/mol. The number of anilines is 1. The Morgan fingerprint density at radius 3 is 2.80 bits per heavy atom. The van der Waals surface area contributed by atoms with Crippen molar-refractivity contribution in [3.8, 4) is 0 Å². The van der Waals surface area contributed by atoms with Crippen LogP contribution in [0.15, 0.2) is 59.2 Å². The lowest BCUT2D eigenvalue weighted by atomic mass is 9.86. The third kappa shape index (κ3) is 1.63. The van der Waals surface area contributed by atoms with Crippen molar-refractivity contribution in [3.63, 3.8) is 0 Å². The van der Waals surface area contributed by atoms with E-state index in [0.717, 1.165) is 27.8 Å². The zero-order valence-corrected chi connectivity index (χ0v) is 10.8. The highest BCUT2D eigenvalue weighted by atomic mass is 16.3. The van der Waals surface area contributed by atoms with Gasteiger partial charge < -0.3 is 9.73 Å². The van der Waals surface area contributed by atoms with Crippen LogP contribution in [0.4, 0.5) is 5.69 Å². The summed E-state index contributed by atoms with van der Waals surface area (Å²) in [5.74, 6) is 0.880. The van der Waals surface area contributed by atoms with E-state index in [4.69, 9.17) is 4.42 Å². The van der Waals surface area contributed by atoms with Gasteiger partial charge >= 0.3 is 0 Å². The van der Waals surface area contributed by atoms with Crippen molar-refractivity contribution in [3.05, 3.63) is 66.1 Å². The van der Waals surface area contributed by atoms with Crippen molar-refractivity contribution in [1.82, 2.24) is 0 Å². The van der Waals surface area contributed by atoms with Crippen molar-refractivity contribution in [1.29, 1.82) is 0 Å². The van der Waals surface area contributed by atoms with Crippen LogP contribution in [0.25, 0.3) is 10.8 Å². The van der Waals surface area contributed by atoms with Gasteiger partial charge in [-0.15, -0.1) is 0 Å². The number of rotatable bonds is 1. The quantitative estimate of drug-likeness (QED) is 0.723. The molecule has 0 radical (unpaired) electrons. The molecule has 2 heterocycles. The van der Waals surface area contributed by atoms with Crippen LogP contribution >= 0.6 is 0 Å². The molecule has 3 aromatic rings. The Bertz CT molecular complexity index is 790. The first kappa shape index (κ1) is 11.3. The zero-order valence-electron chi connectivity index (χ0n) is 10.8. The topological polar surface area (TPSA) is 42.2 Å². The standard InChI is InChI=1S/C17H13NO2/c19-16-10-14(15-6-3-9-20-15)13-8-7-11-4-1-2-5-12(11)17(13)18-16/h1-9,14H,10H2,(H,18,19)/t14-/m1/s1. The Kier molecular flexibility index (Phi) is 2.39. The van der Waals surface area contributed by atoms with E-state index in [1.54, 1.807) is 6.26 Å². The molecule has 0 saturated carbocycles. The van der Waals surface area contributed by atoms with Crippen molar-refractivity contribution in [2.24, 2.45) is 0 Å². The number of hydrogen-bond acceptors (Lipinski definition) is 2. The summed E-state index contributed by atoms with van der Waals surface area (Å²) in [7, 11) is 0. The van der Waals surface area contributed by atoms with E-state index in [-0.39, 0.29) is 11.8 Å². The number of fused-ring (bicyclic) bond motifs is 3. The van der Waals surface area contributed by atoms with E-state index in [2.05, 4.69) is 23.5 Å². The van der Waals surface area contributed by atoms with Crippen LogP contribution in [-0.2, 0) is 4.79 Å². The van der Waals surface area contributed by atoms with Crippen molar-refractivity contribution >= 4 is 22.4 Å². The summed E-state index contributed by atoms with van der Waals surface area (Å²) >= 11 is 0. The third-order valence-electron chi connectivity index (χ3n) is 3.88. The molecule has 0 spiro atoms. The first-order chi connectivity index (χ1) is 9.83. The highest BCUT2D eigenvalue weighted by molar-refractivity contribution is 6.06. The van der Waals surface area contributed by atoms with E-state index in [1.165, 1.54) is 0 Å². The second-order valence-electron chi connectivity index (χ2n) is 5.07. The average Bonchev–Trinajstić information content (AvgIpc) is 3.00. The van der Waals surface area contributed by atoms with E-state index in [0.29, 0.717) is 6.42 Å². The Morgan fingerprint density at radius 1 is 1.05 bits per heavy atom. The first-order valence-electron chi connectivity index (χ1n) is 6.68. The molecule has 3 nitrogen and oxygen atoms in total. The molecule has 0 saturated heterocycles. The molecule has 1 atom stereocenters. The molecule has 0 aliphatic carbocycles. The molecule has 0 unspecified atom stereocenters. The fourth-order valence-electron chi connectivity index (χ4n) is 2.95. The lowest BCUT2D eigenvalue weighted by Crippen LogP contribution is -2.23. The van der Waals surface area contributed by atoms with Gasteiger partial charge in [-0.05, 0) is 23.1 Å². The largest absolute Gasteiger partial charge is 0.469 e. The predicted molar refractivity (Wildman–Crippen MR) is 77.7 cm³/mol. The third-order valence-corrected chi connectivity index (χ3v) is 3.88. The summed E-state index contributed by atoms with van der Waals surface area (Å²) in [6, 6.07) is 16.1. The molecule has 0 fully saturated rings. The Morgan fingerprint density at radius 2 is 1.95 bits per heavy atom. The van der Waals surface area contributed by atoms with Crippen LogP contribution in [0, 0.1) is 0 Å². The monoisotopic (exact) mass is 263 g/mol. The summed E-state index contributed by atoms with van der Waals surface area (Å²) < 4.78 is 5.51. The normalized spacial score (nSPS) is 17.8. The van der Waals surface area contributed by atoms with Gasteiger partial charge in [-0.25, -0.2) is 0 Å². The molecular weight excluding hydrogens is 250 g/mol. The summed E-state index contributed by atoms with van der Waals surface area (Å²) in [5, 5.41) is 5.22. The molecule has 98 valence electrons. The molecule has 1 aromatic heterocycles. The van der Waals surface area contributed by atoms with Gasteiger partial charge in [-0.1, -0.05) is 36.4 Å². The van der Waals surface area contributed by atoms with Gasteiger partial charge in [0, 0.05) is 11.8 Å². The van der Waals surface area contributed by atoms with Crippen LogP contribution in [0.3, 0.4) is 0 Å². The lowest BCUT2D eigenvalue weighted by molar-refractivity contribution is -0.116. The molecule has 1 N–H and O–H groups in total. The van der Waals surface area contributed by atoms with Gasteiger partial charge in [-0.3, -0.25) is 4.79 Å². The van der Waals surface area contributed by atoms with Crippen molar-refractivity contribution < 1.29 is 9.21 Å². The molecule has 4 rings (SSSR count). The highest BCUT2D eigenvalue weighted by Gasteiger charge is 2.29. The molecular formula is C17H13NO2. The molecule has 2 aromatic carbocycles. The SMILES string of the molecule is O=C1C[C@@H](c2ccco2)c2ccc3ccccc3c2N1. The highest BCUT2D eigenvalue weighted by Crippen LogP contribution is 2.40. The van der Waals surface area contributed by atoms with Gasteiger partial charge in [0.05, 0.1) is 17.9 Å². The fourth-order valence-corrected chi connectivity index (χ4v) is 2.95. The molecule has 20 heavy (non-hydrogen) atoms. The van der Waals surface area contributed by atoms with Gasteiger partial charge in [0.25, 0.3) is 0 Å². The minimum atomic E-state index is -0.00152. The van der Waals surface area contributed by atoms with E-state index in [1.807, 2.05) is 30.3 Å². The number of amides is 1. The predicted octanol–water partition coefficient (Wildman–Crippen LogP) is 3.91. The Balaban J connectivity index is 1.97. The zero-order chi connectivity index (χ0) is 13.5. The number of carbonyl (C=O) groups excluding carboxylic acids is 1. The van der Waals surface area contributed by atoms with Crippen LogP contribution in [-0.4, -0.2) is 5.91 Å². The minimum absolute atomic E-state index is 0.00152. The molecule has 0 bridgehead atoms. The Labute approximate surface area is 116 Å². The summed E-state index contributed by atoms with van der Waals surface area (Å²) in [6.07, 6.45) is 2.08. The lowest BCUT2D eigenvalue weighted by Gasteiger charge is -2.25. The number of benzene rings is 2. The molecule has 3 heteroatoms. The Hall–Kier alpha value is -2.55. The number of furan rings is 1. The van der Waals surface area contributed by atoms with Gasteiger partial charge in [0.2, 0.25) is 5.91 Å². The molecule has 1 aliphatic rings. The maximum absolute atomic E-state index is 12.0. The fraction of sp³-hybridized carbons (Fsp3) is 0.118. The van der Waals surface area contributed by atoms with Crippen molar-refractivity contribution in [2.45, 2.75) is 12.3 Å². The number of carbonyl (C=O) groups is 1. The van der Waals surface area contributed by atoms with Crippen LogP contribution in [0.1, 0.15) is 23.7 Å². The van der Waals surface area contributed by atoms with E-state index >= 15 is 0 Å². The number of hydrogen-bond donors (Lipinski definition) is 1. The summed E-state index contributed by atoms with van der Waals surface area (Å²) in [6.45, 7) is 0.